The van der Waals surface area contributed by atoms with Crippen LogP contribution in [0.2, 0.25) is 5.02 Å². The van der Waals surface area contributed by atoms with Gasteiger partial charge in [-0.05, 0) is 45.4 Å². The molecule has 2 aromatic rings. The molecular weight excluding hydrogens is 276 g/mol. The summed E-state index contributed by atoms with van der Waals surface area (Å²) >= 11 is 7.78. The molecule has 1 unspecified atom stereocenters. The number of halogens is 1. The van der Waals surface area contributed by atoms with Crippen LogP contribution in [0.5, 0.6) is 0 Å². The second-order valence-corrected chi connectivity index (χ2v) is 6.68. The van der Waals surface area contributed by atoms with Crippen molar-refractivity contribution in [1.82, 2.24) is 10.3 Å². The minimum atomic E-state index is 0.235. The van der Waals surface area contributed by atoms with Crippen LogP contribution in [0.4, 0.5) is 0 Å². The minimum absolute atomic E-state index is 0.235. The van der Waals surface area contributed by atoms with Crippen molar-refractivity contribution in [1.29, 1.82) is 0 Å². The van der Waals surface area contributed by atoms with Gasteiger partial charge in [0.2, 0.25) is 0 Å². The first-order valence-electron chi connectivity index (χ1n) is 6.43. The van der Waals surface area contributed by atoms with Gasteiger partial charge in [-0.3, -0.25) is 0 Å². The van der Waals surface area contributed by atoms with E-state index in [2.05, 4.69) is 37.1 Å². The van der Waals surface area contributed by atoms with Gasteiger partial charge in [0.05, 0.1) is 10.7 Å². The zero-order chi connectivity index (χ0) is 14.0. The van der Waals surface area contributed by atoms with E-state index < -0.39 is 0 Å². The molecule has 0 aliphatic carbocycles. The quantitative estimate of drug-likeness (QED) is 0.874. The third-order valence-electron chi connectivity index (χ3n) is 3.20. The number of rotatable bonds is 4. The van der Waals surface area contributed by atoms with Crippen LogP contribution in [0.3, 0.4) is 0 Å². The number of hydrogen-bond donors (Lipinski definition) is 1. The molecule has 2 rings (SSSR count). The molecule has 1 aromatic heterocycles. The Bertz CT molecular complexity index is 565. The van der Waals surface area contributed by atoms with Gasteiger partial charge in [-0.1, -0.05) is 23.7 Å². The molecule has 2 nitrogen and oxygen atoms in total. The van der Waals surface area contributed by atoms with Gasteiger partial charge in [0.1, 0.15) is 0 Å². The van der Waals surface area contributed by atoms with Crippen molar-refractivity contribution in [2.24, 2.45) is 0 Å². The SMILES string of the molecule is Cc1nc(C(C)N[C@@H](C)c2cccc(Cl)c2)c(C)s1. The van der Waals surface area contributed by atoms with E-state index in [0.29, 0.717) is 0 Å². The molecule has 1 N–H and O–H groups in total. The van der Waals surface area contributed by atoms with Crippen molar-refractivity contribution in [2.75, 3.05) is 0 Å². The Morgan fingerprint density at radius 1 is 1.21 bits per heavy atom. The summed E-state index contributed by atoms with van der Waals surface area (Å²) in [5.41, 5.74) is 2.35. The van der Waals surface area contributed by atoms with Crippen molar-refractivity contribution in [3.8, 4) is 0 Å². The van der Waals surface area contributed by atoms with E-state index in [-0.39, 0.29) is 12.1 Å². The molecular formula is C15H19ClN2S. The molecule has 0 bridgehead atoms. The molecule has 0 saturated heterocycles. The largest absolute Gasteiger partial charge is 0.302 e. The smallest absolute Gasteiger partial charge is 0.0900 e. The Labute approximate surface area is 123 Å². The van der Waals surface area contributed by atoms with Crippen LogP contribution >= 0.6 is 22.9 Å². The van der Waals surface area contributed by atoms with Crippen molar-refractivity contribution in [3.63, 3.8) is 0 Å². The summed E-state index contributed by atoms with van der Waals surface area (Å²) in [6.45, 7) is 8.48. The number of aromatic nitrogens is 1. The van der Waals surface area contributed by atoms with Crippen LogP contribution in [-0.4, -0.2) is 4.98 Å². The molecule has 0 saturated carbocycles. The van der Waals surface area contributed by atoms with E-state index in [1.165, 1.54) is 10.4 Å². The first-order chi connectivity index (χ1) is 8.97. The van der Waals surface area contributed by atoms with Gasteiger partial charge in [-0.2, -0.15) is 0 Å². The Balaban J connectivity index is 2.10. The molecule has 2 atom stereocenters. The zero-order valence-corrected chi connectivity index (χ0v) is 13.3. The summed E-state index contributed by atoms with van der Waals surface area (Å²) in [5, 5.41) is 5.48. The fourth-order valence-corrected chi connectivity index (χ4v) is 3.39. The van der Waals surface area contributed by atoms with Crippen molar-refractivity contribution < 1.29 is 0 Å². The van der Waals surface area contributed by atoms with Gasteiger partial charge in [0, 0.05) is 22.0 Å². The maximum atomic E-state index is 6.03. The van der Waals surface area contributed by atoms with Crippen LogP contribution in [0.1, 0.15) is 47.1 Å². The van der Waals surface area contributed by atoms with E-state index in [1.54, 1.807) is 11.3 Å². The Hall–Kier alpha value is -0.900. The molecule has 0 radical (unpaired) electrons. The number of aryl methyl sites for hydroxylation is 2. The van der Waals surface area contributed by atoms with E-state index >= 15 is 0 Å². The third kappa shape index (κ3) is 3.56. The number of nitrogens with one attached hydrogen (secondary N) is 1. The topological polar surface area (TPSA) is 24.9 Å². The maximum Gasteiger partial charge on any atom is 0.0900 e. The Kier molecular flexibility index (Phi) is 4.61. The predicted octanol–water partition coefficient (Wildman–Crippen LogP) is 4.83. The zero-order valence-electron chi connectivity index (χ0n) is 11.7. The summed E-state index contributed by atoms with van der Waals surface area (Å²) in [5.74, 6) is 0. The minimum Gasteiger partial charge on any atom is -0.302 e. The standard InChI is InChI=1S/C15H19ClN2S/c1-9(13-6-5-7-14(16)8-13)17-10(2)15-11(3)19-12(4)18-15/h5-10,17H,1-4H3/t9-,10?/m0/s1. The molecule has 102 valence electrons. The number of hydrogen-bond acceptors (Lipinski definition) is 3. The van der Waals surface area contributed by atoms with E-state index in [0.717, 1.165) is 15.7 Å². The molecule has 0 fully saturated rings. The van der Waals surface area contributed by atoms with Gasteiger partial charge in [0.25, 0.3) is 0 Å². The molecule has 0 spiro atoms. The number of thiazole rings is 1. The molecule has 4 heteroatoms. The Morgan fingerprint density at radius 3 is 2.53 bits per heavy atom. The van der Waals surface area contributed by atoms with Gasteiger partial charge in [0.15, 0.2) is 0 Å². The first-order valence-corrected chi connectivity index (χ1v) is 7.62. The highest BCUT2D eigenvalue weighted by atomic mass is 35.5. The molecule has 0 amide bonds. The predicted molar refractivity (Wildman–Crippen MR) is 83.0 cm³/mol. The van der Waals surface area contributed by atoms with Crippen LogP contribution in [0.25, 0.3) is 0 Å². The lowest BCUT2D eigenvalue weighted by atomic mass is 10.1. The van der Waals surface area contributed by atoms with Crippen LogP contribution in [0, 0.1) is 13.8 Å². The highest BCUT2D eigenvalue weighted by molar-refractivity contribution is 7.11. The van der Waals surface area contributed by atoms with Crippen LogP contribution in [-0.2, 0) is 0 Å². The van der Waals surface area contributed by atoms with Crippen molar-refractivity contribution in [3.05, 3.63) is 50.4 Å². The second kappa shape index (κ2) is 6.04. The van der Waals surface area contributed by atoms with E-state index in [1.807, 2.05) is 25.1 Å². The third-order valence-corrected chi connectivity index (χ3v) is 4.34. The molecule has 0 aliphatic rings. The van der Waals surface area contributed by atoms with E-state index in [4.69, 9.17) is 11.6 Å². The summed E-state index contributed by atoms with van der Waals surface area (Å²) in [6, 6.07) is 8.46. The van der Waals surface area contributed by atoms with Crippen LogP contribution in [0.15, 0.2) is 24.3 Å². The summed E-state index contributed by atoms with van der Waals surface area (Å²) in [6.07, 6.45) is 0. The van der Waals surface area contributed by atoms with Gasteiger partial charge < -0.3 is 5.32 Å². The fourth-order valence-electron chi connectivity index (χ4n) is 2.27. The molecule has 1 heterocycles. The maximum absolute atomic E-state index is 6.03. The number of nitrogens with zero attached hydrogens (tertiary/aromatic N) is 1. The van der Waals surface area contributed by atoms with Crippen molar-refractivity contribution in [2.45, 2.75) is 39.8 Å². The normalized spacial score (nSPS) is 14.4. The van der Waals surface area contributed by atoms with Gasteiger partial charge in [-0.15, -0.1) is 11.3 Å². The van der Waals surface area contributed by atoms with Gasteiger partial charge >= 0.3 is 0 Å². The monoisotopic (exact) mass is 294 g/mol. The van der Waals surface area contributed by atoms with Crippen LogP contribution < -0.4 is 5.32 Å². The summed E-state index contributed by atoms with van der Waals surface area (Å²) in [7, 11) is 0. The lowest BCUT2D eigenvalue weighted by Crippen LogP contribution is -2.23. The first kappa shape index (κ1) is 14.5. The molecule has 1 aromatic carbocycles. The van der Waals surface area contributed by atoms with E-state index in [9.17, 15) is 0 Å². The van der Waals surface area contributed by atoms with Crippen molar-refractivity contribution >= 4 is 22.9 Å². The number of benzene rings is 1. The average molecular weight is 295 g/mol. The fraction of sp³-hybridized carbons (Fsp3) is 0.400. The summed E-state index contributed by atoms with van der Waals surface area (Å²) in [4.78, 5) is 5.89. The highest BCUT2D eigenvalue weighted by Gasteiger charge is 2.16. The average Bonchev–Trinajstić information content (AvgIpc) is 2.68. The molecule has 0 aliphatic heterocycles. The lowest BCUT2D eigenvalue weighted by molar-refractivity contribution is 0.486. The highest BCUT2D eigenvalue weighted by Crippen LogP contribution is 2.25. The molecule has 19 heavy (non-hydrogen) atoms. The van der Waals surface area contributed by atoms with Gasteiger partial charge in [-0.25, -0.2) is 4.98 Å². The Morgan fingerprint density at radius 2 is 1.95 bits per heavy atom. The lowest BCUT2D eigenvalue weighted by Gasteiger charge is -2.20. The second-order valence-electron chi connectivity index (χ2n) is 4.84. The summed E-state index contributed by atoms with van der Waals surface area (Å²) < 4.78 is 0.